The van der Waals surface area contributed by atoms with E-state index in [0.29, 0.717) is 0 Å². The number of hydrogen-bond acceptors (Lipinski definition) is 5. The van der Waals surface area contributed by atoms with Gasteiger partial charge in [0.05, 0.1) is 10.0 Å². The van der Waals surface area contributed by atoms with Crippen molar-refractivity contribution in [1.82, 2.24) is 4.98 Å². The molecule has 0 bridgehead atoms. The van der Waals surface area contributed by atoms with Crippen LogP contribution in [0.1, 0.15) is 20.7 Å². The Hall–Kier alpha value is -3.15. The van der Waals surface area contributed by atoms with Gasteiger partial charge in [-0.05, 0) is 17.7 Å². The van der Waals surface area contributed by atoms with Gasteiger partial charge in [0, 0.05) is 5.56 Å². The van der Waals surface area contributed by atoms with Crippen molar-refractivity contribution >= 4 is 41.0 Å². The van der Waals surface area contributed by atoms with Crippen LogP contribution in [0.2, 0.25) is 10.0 Å². The number of aromatic carboxylic acids is 2. The molecule has 134 valence electrons. The zero-order valence-electron chi connectivity index (χ0n) is 12.8. The Morgan fingerprint density at radius 3 is 2.19 bits per heavy atom. The molecule has 0 fully saturated rings. The van der Waals surface area contributed by atoms with Gasteiger partial charge in [-0.25, -0.2) is 9.59 Å². The number of terminal acetylenes is 1. The molecule has 0 aliphatic carbocycles. The Morgan fingerprint density at radius 2 is 1.73 bits per heavy atom. The molecule has 1 aromatic carbocycles. The average Bonchev–Trinajstić information content (AvgIpc) is 2.52. The van der Waals surface area contributed by atoms with Gasteiger partial charge in [0.25, 0.3) is 5.56 Å². The predicted octanol–water partition coefficient (Wildman–Crippen LogP) is 2.34. The van der Waals surface area contributed by atoms with E-state index in [0.717, 1.165) is 0 Å². The highest BCUT2D eigenvalue weighted by Crippen LogP contribution is 2.39. The highest BCUT2D eigenvalue weighted by molar-refractivity contribution is 6.37. The molecule has 2 rings (SSSR count). The third-order valence-electron chi connectivity index (χ3n) is 3.26. The van der Waals surface area contributed by atoms with Crippen molar-refractivity contribution in [2.24, 2.45) is 0 Å². The first-order valence-corrected chi connectivity index (χ1v) is 7.52. The molecule has 0 atom stereocenters. The molecule has 26 heavy (non-hydrogen) atoms. The first kappa shape index (κ1) is 19.2. The number of benzene rings is 1. The fourth-order valence-electron chi connectivity index (χ4n) is 2.29. The topological polar surface area (TPSA) is 143 Å². The molecule has 5 N–H and O–H groups in total. The molecule has 0 radical (unpaired) electrons. The van der Waals surface area contributed by atoms with Gasteiger partial charge >= 0.3 is 11.9 Å². The molecule has 10 heteroatoms. The van der Waals surface area contributed by atoms with Crippen molar-refractivity contribution in [2.75, 3.05) is 12.3 Å². The molecule has 1 aromatic heterocycles. The minimum Gasteiger partial charge on any atom is -0.478 e. The van der Waals surface area contributed by atoms with Crippen LogP contribution < -0.4 is 16.0 Å². The quantitative estimate of drug-likeness (QED) is 0.567. The number of nitrogens with two attached hydrogens (primary N) is 1. The van der Waals surface area contributed by atoms with E-state index in [4.69, 9.17) is 40.1 Å². The number of hydrogen-bond donors (Lipinski definition) is 4. The van der Waals surface area contributed by atoms with E-state index in [1.807, 2.05) is 4.98 Å². The summed E-state index contributed by atoms with van der Waals surface area (Å²) in [6.45, 7) is -0.127. The monoisotopic (exact) mass is 396 g/mol. The third kappa shape index (κ3) is 3.44. The van der Waals surface area contributed by atoms with E-state index in [-0.39, 0.29) is 28.0 Å². The summed E-state index contributed by atoms with van der Waals surface area (Å²) in [5.74, 6) is -1.45. The van der Waals surface area contributed by atoms with Gasteiger partial charge in [0.15, 0.2) is 5.75 Å². The standard InChI is InChI=1S/C16H10Cl2N2O6/c1-2-3-26-12-7(17)4-6(5-8(12)18)9-10(15(22)23)13(19)20-14(21)11(9)16(24)25/h1,4-5H,3H2,(H,22,23)(H,24,25)(H3,19,20,21). The number of pyridine rings is 1. The number of nitrogens with one attached hydrogen (secondary N) is 1. The Morgan fingerprint density at radius 1 is 1.19 bits per heavy atom. The van der Waals surface area contributed by atoms with Gasteiger partial charge in [0.1, 0.15) is 23.6 Å². The Balaban J connectivity index is 2.88. The van der Waals surface area contributed by atoms with Crippen LogP contribution in [0, 0.1) is 12.3 Å². The number of carboxylic acid groups (broad SMARTS) is 2. The van der Waals surface area contributed by atoms with Crippen molar-refractivity contribution in [3.05, 3.63) is 43.7 Å². The van der Waals surface area contributed by atoms with Gasteiger partial charge in [-0.3, -0.25) is 4.79 Å². The van der Waals surface area contributed by atoms with E-state index >= 15 is 0 Å². The Bertz CT molecular complexity index is 1000. The van der Waals surface area contributed by atoms with Crippen LogP contribution in [0.15, 0.2) is 16.9 Å². The third-order valence-corrected chi connectivity index (χ3v) is 3.82. The van der Waals surface area contributed by atoms with Gasteiger partial charge in [0.2, 0.25) is 0 Å². The zero-order chi connectivity index (χ0) is 19.6. The summed E-state index contributed by atoms with van der Waals surface area (Å²) in [4.78, 5) is 37.1. The van der Waals surface area contributed by atoms with Crippen LogP contribution in [0.4, 0.5) is 5.82 Å². The molecule has 0 aliphatic rings. The molecule has 8 nitrogen and oxygen atoms in total. The number of ether oxygens (including phenoxy) is 1. The predicted molar refractivity (Wildman–Crippen MR) is 95.2 cm³/mol. The number of nitrogen functional groups attached to an aromatic ring is 1. The number of aromatic amines is 1. The second-order valence-electron chi connectivity index (χ2n) is 4.86. The molecular formula is C16H10Cl2N2O6. The number of rotatable bonds is 5. The first-order valence-electron chi connectivity index (χ1n) is 6.77. The number of carbonyl (C=O) groups is 2. The summed E-state index contributed by atoms with van der Waals surface area (Å²) >= 11 is 12.1. The second kappa shape index (κ2) is 7.39. The molecular weight excluding hydrogens is 387 g/mol. The lowest BCUT2D eigenvalue weighted by molar-refractivity contribution is 0.0695. The highest BCUT2D eigenvalue weighted by Gasteiger charge is 2.27. The smallest absolute Gasteiger partial charge is 0.342 e. The Kier molecular flexibility index (Phi) is 5.45. The van der Waals surface area contributed by atoms with Crippen molar-refractivity contribution < 1.29 is 24.5 Å². The molecule has 0 saturated carbocycles. The van der Waals surface area contributed by atoms with Crippen molar-refractivity contribution in [1.29, 1.82) is 0 Å². The molecule has 0 unspecified atom stereocenters. The van der Waals surface area contributed by atoms with Gasteiger partial charge in [-0.2, -0.15) is 0 Å². The molecule has 0 spiro atoms. The molecule has 0 amide bonds. The van der Waals surface area contributed by atoms with Crippen LogP contribution in [-0.2, 0) is 0 Å². The summed E-state index contributed by atoms with van der Waals surface area (Å²) in [6, 6.07) is 2.40. The SMILES string of the molecule is C#CCOc1c(Cl)cc(-c2c(C(=O)O)c(N)[nH]c(=O)c2C(=O)O)cc1Cl. The lowest BCUT2D eigenvalue weighted by atomic mass is 9.95. The minimum absolute atomic E-state index is 0.0293. The van der Waals surface area contributed by atoms with E-state index < -0.39 is 40.0 Å². The second-order valence-corrected chi connectivity index (χ2v) is 5.68. The van der Waals surface area contributed by atoms with Crippen molar-refractivity contribution in [3.8, 4) is 29.2 Å². The molecule has 0 saturated heterocycles. The highest BCUT2D eigenvalue weighted by atomic mass is 35.5. The van der Waals surface area contributed by atoms with Gasteiger partial charge in [-0.1, -0.05) is 29.1 Å². The van der Waals surface area contributed by atoms with E-state index in [1.165, 1.54) is 12.1 Å². The minimum atomic E-state index is -1.65. The van der Waals surface area contributed by atoms with E-state index in [9.17, 15) is 24.6 Å². The van der Waals surface area contributed by atoms with Crippen LogP contribution >= 0.6 is 23.2 Å². The van der Waals surface area contributed by atoms with Crippen LogP contribution in [0.5, 0.6) is 5.75 Å². The van der Waals surface area contributed by atoms with E-state index in [2.05, 4.69) is 5.92 Å². The van der Waals surface area contributed by atoms with Gasteiger partial charge < -0.3 is 25.7 Å². The number of halogens is 2. The summed E-state index contributed by atoms with van der Waals surface area (Å²) in [6.07, 6.45) is 5.09. The summed E-state index contributed by atoms with van der Waals surface area (Å²) in [5.41, 5.74) is 2.59. The number of aromatic nitrogens is 1. The lowest BCUT2D eigenvalue weighted by Gasteiger charge is -2.14. The maximum Gasteiger partial charge on any atom is 0.342 e. The Labute approximate surface area is 156 Å². The first-order chi connectivity index (χ1) is 12.2. The van der Waals surface area contributed by atoms with Crippen LogP contribution in [-0.4, -0.2) is 33.7 Å². The van der Waals surface area contributed by atoms with Crippen molar-refractivity contribution in [3.63, 3.8) is 0 Å². The van der Waals surface area contributed by atoms with Gasteiger partial charge in [-0.15, -0.1) is 6.42 Å². The summed E-state index contributed by atoms with van der Waals surface area (Å²) < 4.78 is 5.19. The molecule has 0 aliphatic heterocycles. The maximum absolute atomic E-state index is 12.0. The van der Waals surface area contributed by atoms with Crippen molar-refractivity contribution in [2.45, 2.75) is 0 Å². The van der Waals surface area contributed by atoms with Crippen LogP contribution in [0.3, 0.4) is 0 Å². The number of anilines is 1. The normalized spacial score (nSPS) is 10.2. The number of H-pyrrole nitrogens is 1. The fraction of sp³-hybridized carbons (Fsp3) is 0.0625. The molecule has 2 aromatic rings. The summed E-state index contributed by atoms with van der Waals surface area (Å²) in [7, 11) is 0. The lowest BCUT2D eigenvalue weighted by Crippen LogP contribution is -2.24. The van der Waals surface area contributed by atoms with Crippen LogP contribution in [0.25, 0.3) is 11.1 Å². The van der Waals surface area contributed by atoms with E-state index in [1.54, 1.807) is 0 Å². The largest absolute Gasteiger partial charge is 0.478 e. The average molecular weight is 397 g/mol. The zero-order valence-corrected chi connectivity index (χ0v) is 14.3. The maximum atomic E-state index is 12.0. The summed E-state index contributed by atoms with van der Waals surface area (Å²) in [5, 5.41) is 18.6. The number of carboxylic acids is 2. The molecule has 1 heterocycles. The fourth-order valence-corrected chi connectivity index (χ4v) is 2.89.